The molecule has 1 aromatic heterocycles. The van der Waals surface area contributed by atoms with Crippen LogP contribution in [0.2, 0.25) is 0 Å². The fraction of sp³-hybridized carbons (Fsp3) is 0.182. The first-order valence-electron chi connectivity index (χ1n) is 4.79. The molecule has 0 bridgehead atoms. The summed E-state index contributed by atoms with van der Waals surface area (Å²) in [6.45, 7) is 2.20. The van der Waals surface area contributed by atoms with Crippen molar-refractivity contribution in [3.8, 4) is 0 Å². The van der Waals surface area contributed by atoms with Crippen LogP contribution in [0.15, 0.2) is 24.4 Å². The lowest BCUT2D eigenvalue weighted by atomic mass is 10.2. The largest absolute Gasteiger partial charge is 0.396 e. The summed E-state index contributed by atoms with van der Waals surface area (Å²) in [4.78, 5) is 0. The monoisotopic (exact) mass is 223 g/mol. The number of nitrogens with zero attached hydrogens (tertiary/aromatic N) is 2. The van der Waals surface area contributed by atoms with Crippen LogP contribution in [0.1, 0.15) is 11.3 Å². The zero-order chi connectivity index (χ0) is 11.7. The highest BCUT2D eigenvalue weighted by Crippen LogP contribution is 2.13. The Kier molecular flexibility index (Phi) is 2.60. The van der Waals surface area contributed by atoms with Crippen LogP contribution in [0.25, 0.3) is 0 Å². The van der Waals surface area contributed by atoms with Crippen molar-refractivity contribution in [2.24, 2.45) is 0 Å². The first-order valence-corrected chi connectivity index (χ1v) is 4.79. The normalized spacial score (nSPS) is 10.7. The summed E-state index contributed by atoms with van der Waals surface area (Å²) in [5.74, 6) is -1.70. The minimum absolute atomic E-state index is 0.375. The van der Waals surface area contributed by atoms with Crippen LogP contribution in [0.5, 0.6) is 0 Å². The fourth-order valence-corrected chi connectivity index (χ4v) is 1.43. The van der Waals surface area contributed by atoms with Gasteiger partial charge in [-0.15, -0.1) is 0 Å². The van der Waals surface area contributed by atoms with Gasteiger partial charge in [-0.3, -0.25) is 4.68 Å². The number of benzene rings is 1. The van der Waals surface area contributed by atoms with E-state index in [0.717, 1.165) is 17.8 Å². The Bertz CT molecular complexity index is 520. The van der Waals surface area contributed by atoms with Gasteiger partial charge in [-0.1, -0.05) is 6.07 Å². The Morgan fingerprint density at radius 1 is 1.31 bits per heavy atom. The molecule has 0 spiro atoms. The maximum absolute atomic E-state index is 13.0. The zero-order valence-electron chi connectivity index (χ0n) is 8.74. The van der Waals surface area contributed by atoms with Gasteiger partial charge in [0.25, 0.3) is 0 Å². The molecule has 0 aliphatic heterocycles. The highest BCUT2D eigenvalue weighted by Gasteiger charge is 2.06. The number of hydrogen-bond acceptors (Lipinski definition) is 2. The van der Waals surface area contributed by atoms with Crippen molar-refractivity contribution in [3.63, 3.8) is 0 Å². The van der Waals surface area contributed by atoms with Gasteiger partial charge >= 0.3 is 0 Å². The molecule has 84 valence electrons. The van der Waals surface area contributed by atoms with Gasteiger partial charge in [-0.05, 0) is 24.6 Å². The van der Waals surface area contributed by atoms with Gasteiger partial charge in [0.05, 0.1) is 24.1 Å². The van der Waals surface area contributed by atoms with Crippen molar-refractivity contribution in [1.82, 2.24) is 9.78 Å². The average Bonchev–Trinajstić information content (AvgIpc) is 2.55. The van der Waals surface area contributed by atoms with Crippen LogP contribution >= 0.6 is 0 Å². The molecule has 0 fully saturated rings. The fourth-order valence-electron chi connectivity index (χ4n) is 1.43. The Hall–Kier alpha value is -1.91. The molecule has 1 heterocycles. The summed E-state index contributed by atoms with van der Waals surface area (Å²) in [6.07, 6.45) is 1.54. The molecule has 0 amide bonds. The van der Waals surface area contributed by atoms with Crippen LogP contribution < -0.4 is 5.73 Å². The molecule has 0 unspecified atom stereocenters. The molecule has 0 saturated heterocycles. The molecule has 3 nitrogen and oxygen atoms in total. The highest BCUT2D eigenvalue weighted by molar-refractivity contribution is 5.40. The maximum atomic E-state index is 13.0. The molecule has 0 atom stereocenters. The van der Waals surface area contributed by atoms with E-state index in [1.54, 1.807) is 4.68 Å². The maximum Gasteiger partial charge on any atom is 0.159 e. The van der Waals surface area contributed by atoms with Crippen LogP contribution in [0.3, 0.4) is 0 Å². The molecule has 0 saturated carbocycles. The molecule has 2 rings (SSSR count). The standard InChI is InChI=1S/C11H11F2N3/c1-7-11(14)5-15-16(7)6-8-2-3-9(12)10(13)4-8/h2-5H,6,14H2,1H3. The molecule has 0 aliphatic carbocycles. The minimum atomic E-state index is -0.852. The van der Waals surface area contributed by atoms with Crippen molar-refractivity contribution >= 4 is 5.69 Å². The Morgan fingerprint density at radius 3 is 2.62 bits per heavy atom. The van der Waals surface area contributed by atoms with E-state index in [4.69, 9.17) is 5.73 Å². The second-order valence-corrected chi connectivity index (χ2v) is 3.59. The predicted molar refractivity (Wildman–Crippen MR) is 56.8 cm³/mol. The first kappa shape index (κ1) is 10.6. The second kappa shape index (κ2) is 3.92. The van der Waals surface area contributed by atoms with Gasteiger partial charge in [0.2, 0.25) is 0 Å². The number of halogens is 2. The zero-order valence-corrected chi connectivity index (χ0v) is 8.74. The van der Waals surface area contributed by atoms with Gasteiger partial charge in [0.1, 0.15) is 0 Å². The molecule has 0 aliphatic rings. The molecule has 1 aromatic carbocycles. The lowest BCUT2D eigenvalue weighted by Crippen LogP contribution is -2.04. The number of nitrogen functional groups attached to an aromatic ring is 1. The lowest BCUT2D eigenvalue weighted by molar-refractivity contribution is 0.505. The highest BCUT2D eigenvalue weighted by atomic mass is 19.2. The molecule has 5 heteroatoms. The second-order valence-electron chi connectivity index (χ2n) is 3.59. The van der Waals surface area contributed by atoms with E-state index in [-0.39, 0.29) is 0 Å². The van der Waals surface area contributed by atoms with Crippen LogP contribution in [0.4, 0.5) is 14.5 Å². The van der Waals surface area contributed by atoms with Gasteiger partial charge in [-0.2, -0.15) is 5.10 Å². The van der Waals surface area contributed by atoms with Gasteiger partial charge in [-0.25, -0.2) is 8.78 Å². The van der Waals surface area contributed by atoms with Gasteiger partial charge < -0.3 is 5.73 Å². The SMILES string of the molecule is Cc1c(N)cnn1Cc1ccc(F)c(F)c1. The molecule has 2 N–H and O–H groups in total. The van der Waals surface area contributed by atoms with E-state index in [1.165, 1.54) is 12.3 Å². The van der Waals surface area contributed by atoms with Crippen molar-refractivity contribution in [1.29, 1.82) is 0 Å². The topological polar surface area (TPSA) is 43.8 Å². The number of aromatic nitrogens is 2. The quantitative estimate of drug-likeness (QED) is 0.847. The Labute approximate surface area is 91.5 Å². The van der Waals surface area contributed by atoms with E-state index in [9.17, 15) is 8.78 Å². The van der Waals surface area contributed by atoms with Crippen molar-refractivity contribution < 1.29 is 8.78 Å². The molecule has 2 aromatic rings. The summed E-state index contributed by atoms with van der Waals surface area (Å²) in [5, 5.41) is 4.04. The Morgan fingerprint density at radius 2 is 2.06 bits per heavy atom. The van der Waals surface area contributed by atoms with Crippen LogP contribution in [0, 0.1) is 18.6 Å². The smallest absolute Gasteiger partial charge is 0.159 e. The summed E-state index contributed by atoms with van der Waals surface area (Å²) in [6, 6.07) is 3.79. The average molecular weight is 223 g/mol. The lowest BCUT2D eigenvalue weighted by Gasteiger charge is -2.05. The van der Waals surface area contributed by atoms with Gasteiger partial charge in [0.15, 0.2) is 11.6 Å². The number of nitrogens with two attached hydrogens (primary N) is 1. The third-order valence-corrected chi connectivity index (χ3v) is 2.46. The van der Waals surface area contributed by atoms with E-state index in [0.29, 0.717) is 17.8 Å². The van der Waals surface area contributed by atoms with Crippen molar-refractivity contribution in [3.05, 3.63) is 47.3 Å². The summed E-state index contributed by atoms with van der Waals surface area (Å²) >= 11 is 0. The van der Waals surface area contributed by atoms with E-state index in [2.05, 4.69) is 5.10 Å². The number of hydrogen-bond donors (Lipinski definition) is 1. The summed E-state index contributed by atoms with van der Waals surface area (Å²) in [5.41, 5.74) is 7.67. The number of rotatable bonds is 2. The van der Waals surface area contributed by atoms with Crippen LogP contribution in [-0.4, -0.2) is 9.78 Å². The number of anilines is 1. The molecular weight excluding hydrogens is 212 g/mol. The van der Waals surface area contributed by atoms with Crippen molar-refractivity contribution in [2.45, 2.75) is 13.5 Å². The van der Waals surface area contributed by atoms with Gasteiger partial charge in [0, 0.05) is 0 Å². The first-order chi connectivity index (χ1) is 7.58. The summed E-state index contributed by atoms with van der Waals surface area (Å²) < 4.78 is 27.3. The van der Waals surface area contributed by atoms with Crippen LogP contribution in [-0.2, 0) is 6.54 Å². The molecular formula is C11H11F2N3. The third-order valence-electron chi connectivity index (χ3n) is 2.46. The summed E-state index contributed by atoms with van der Waals surface area (Å²) in [7, 11) is 0. The van der Waals surface area contributed by atoms with E-state index in [1.807, 2.05) is 6.92 Å². The molecule has 0 radical (unpaired) electrons. The van der Waals surface area contributed by atoms with E-state index >= 15 is 0 Å². The molecule has 16 heavy (non-hydrogen) atoms. The van der Waals surface area contributed by atoms with E-state index < -0.39 is 11.6 Å². The Balaban J connectivity index is 2.27. The predicted octanol–water partition coefficient (Wildman–Crippen LogP) is 2.10. The third kappa shape index (κ3) is 1.88. The minimum Gasteiger partial charge on any atom is -0.396 e. The van der Waals surface area contributed by atoms with Crippen molar-refractivity contribution in [2.75, 3.05) is 5.73 Å².